The van der Waals surface area contributed by atoms with E-state index in [0.29, 0.717) is 12.2 Å². The Morgan fingerprint density at radius 1 is 1.00 bits per heavy atom. The molecule has 0 N–H and O–H groups in total. The van der Waals surface area contributed by atoms with E-state index in [2.05, 4.69) is 4.90 Å². The van der Waals surface area contributed by atoms with Crippen LogP contribution in [0.3, 0.4) is 0 Å². The number of hydrogen-bond donors (Lipinski definition) is 0. The van der Waals surface area contributed by atoms with Crippen LogP contribution < -0.4 is 0 Å². The predicted molar refractivity (Wildman–Crippen MR) is 103 cm³/mol. The van der Waals surface area contributed by atoms with Crippen LogP contribution in [-0.2, 0) is 4.74 Å². The van der Waals surface area contributed by atoms with Gasteiger partial charge >= 0.3 is 5.97 Å². The van der Waals surface area contributed by atoms with Crippen LogP contribution in [0.25, 0.3) is 12.2 Å². The summed E-state index contributed by atoms with van der Waals surface area (Å²) in [6.07, 6.45) is 4.78. The normalized spacial score (nSPS) is 10.6. The summed E-state index contributed by atoms with van der Waals surface area (Å²) in [5.74, 6) is -0.267. The fourth-order valence-corrected chi connectivity index (χ4v) is 2.20. The number of benzene rings is 2. The molecule has 0 atom stereocenters. The monoisotopic (exact) mass is 345 g/mol. The minimum atomic E-state index is -0.267. The molecule has 0 heterocycles. The summed E-state index contributed by atoms with van der Waals surface area (Å²) in [6, 6.07) is 17.5. The van der Waals surface area contributed by atoms with Crippen molar-refractivity contribution in [1.82, 2.24) is 4.90 Å². The van der Waals surface area contributed by atoms with Gasteiger partial charge in [-0.05, 0) is 37.7 Å². The van der Waals surface area contributed by atoms with Crippen molar-refractivity contribution in [2.75, 3.05) is 27.2 Å². The first-order chi connectivity index (χ1) is 11.2. The van der Waals surface area contributed by atoms with E-state index < -0.39 is 0 Å². The van der Waals surface area contributed by atoms with Crippen LogP contribution in [-0.4, -0.2) is 38.1 Å². The van der Waals surface area contributed by atoms with Crippen molar-refractivity contribution in [1.29, 1.82) is 0 Å². The summed E-state index contributed by atoms with van der Waals surface area (Å²) in [7, 11) is 4.01. The molecule has 2 rings (SSSR count). The van der Waals surface area contributed by atoms with Crippen molar-refractivity contribution in [2.24, 2.45) is 0 Å². The summed E-state index contributed by atoms with van der Waals surface area (Å²) >= 11 is 0. The predicted octanol–water partition coefficient (Wildman–Crippen LogP) is 4.39. The van der Waals surface area contributed by atoms with Crippen LogP contribution in [0, 0.1) is 0 Å². The topological polar surface area (TPSA) is 29.5 Å². The summed E-state index contributed by atoms with van der Waals surface area (Å²) in [5, 5.41) is 0. The lowest BCUT2D eigenvalue weighted by atomic mass is 10.1. The molecule has 0 bridgehead atoms. The molecule has 0 saturated heterocycles. The summed E-state index contributed by atoms with van der Waals surface area (Å²) in [5.41, 5.74) is 2.57. The zero-order valence-corrected chi connectivity index (χ0v) is 15.0. The molecule has 0 aromatic heterocycles. The van der Waals surface area contributed by atoms with E-state index in [4.69, 9.17) is 4.74 Å². The van der Waals surface area contributed by atoms with Gasteiger partial charge in [0, 0.05) is 6.54 Å². The lowest BCUT2D eigenvalue weighted by Gasteiger charge is -2.10. The average molecular weight is 346 g/mol. The van der Waals surface area contributed by atoms with Crippen LogP contribution in [0.4, 0.5) is 0 Å². The Kier molecular flexibility index (Phi) is 8.84. The molecule has 0 aliphatic carbocycles. The number of ether oxygens (including phenoxy) is 1. The fourth-order valence-electron chi connectivity index (χ4n) is 2.20. The van der Waals surface area contributed by atoms with Crippen molar-refractivity contribution < 1.29 is 9.53 Å². The van der Waals surface area contributed by atoms with Gasteiger partial charge in [-0.1, -0.05) is 60.7 Å². The zero-order valence-electron chi connectivity index (χ0n) is 14.1. The Balaban J connectivity index is 0.00000288. The Morgan fingerprint density at radius 3 is 2.38 bits per heavy atom. The van der Waals surface area contributed by atoms with E-state index in [0.717, 1.165) is 24.1 Å². The number of esters is 1. The van der Waals surface area contributed by atoms with Gasteiger partial charge in [0.2, 0.25) is 0 Å². The third-order valence-corrected chi connectivity index (χ3v) is 3.42. The lowest BCUT2D eigenvalue weighted by Crippen LogP contribution is -2.16. The maximum absolute atomic E-state index is 12.3. The van der Waals surface area contributed by atoms with Crippen molar-refractivity contribution in [3.8, 4) is 0 Å². The molecule has 24 heavy (non-hydrogen) atoms. The standard InChI is InChI=1S/C20H23NO2.ClH/c1-21(2)15-8-16-23-20(22)19-12-7-6-11-18(19)14-13-17-9-4-3-5-10-17;/h3-7,9-14H,8,15-16H2,1-2H3;1H. The van der Waals surface area contributed by atoms with E-state index in [-0.39, 0.29) is 18.4 Å². The van der Waals surface area contributed by atoms with Gasteiger partial charge in [-0.15, -0.1) is 12.4 Å². The molecule has 3 nitrogen and oxygen atoms in total. The van der Waals surface area contributed by atoms with Gasteiger partial charge in [0.25, 0.3) is 0 Å². The first kappa shape index (κ1) is 19.9. The van der Waals surface area contributed by atoms with E-state index in [1.54, 1.807) is 6.07 Å². The molecule has 128 valence electrons. The molecular weight excluding hydrogens is 322 g/mol. The average Bonchev–Trinajstić information content (AvgIpc) is 2.58. The van der Waals surface area contributed by atoms with Gasteiger partial charge in [-0.25, -0.2) is 4.79 Å². The van der Waals surface area contributed by atoms with Crippen molar-refractivity contribution >= 4 is 30.5 Å². The number of rotatable bonds is 7. The fraction of sp³-hybridized carbons (Fsp3) is 0.250. The number of hydrogen-bond acceptors (Lipinski definition) is 3. The van der Waals surface area contributed by atoms with Crippen LogP contribution in [0.5, 0.6) is 0 Å². The third-order valence-electron chi connectivity index (χ3n) is 3.42. The molecule has 2 aromatic carbocycles. The van der Waals surface area contributed by atoms with Crippen molar-refractivity contribution in [3.05, 3.63) is 71.3 Å². The second-order valence-electron chi connectivity index (χ2n) is 5.62. The van der Waals surface area contributed by atoms with Gasteiger partial charge in [0.15, 0.2) is 0 Å². The molecule has 0 saturated carbocycles. The van der Waals surface area contributed by atoms with Crippen LogP contribution in [0.2, 0.25) is 0 Å². The Hall–Kier alpha value is -2.10. The highest BCUT2D eigenvalue weighted by Crippen LogP contribution is 2.14. The first-order valence-corrected chi connectivity index (χ1v) is 7.81. The SMILES string of the molecule is CN(C)CCCOC(=O)c1ccccc1C=Cc1ccccc1.Cl. The number of halogens is 1. The van der Waals surface area contributed by atoms with Crippen molar-refractivity contribution in [2.45, 2.75) is 6.42 Å². The van der Waals surface area contributed by atoms with Crippen LogP contribution in [0.15, 0.2) is 54.6 Å². The third kappa shape index (κ3) is 6.57. The molecule has 4 heteroatoms. The van der Waals surface area contributed by atoms with Gasteiger partial charge < -0.3 is 9.64 Å². The van der Waals surface area contributed by atoms with E-state index in [9.17, 15) is 4.79 Å². The van der Waals surface area contributed by atoms with Crippen LogP contribution >= 0.6 is 12.4 Å². The molecule has 0 aliphatic rings. The summed E-state index contributed by atoms with van der Waals surface area (Å²) in [4.78, 5) is 14.3. The molecule has 0 aliphatic heterocycles. The highest BCUT2D eigenvalue weighted by Gasteiger charge is 2.10. The zero-order chi connectivity index (χ0) is 16.5. The Labute approximate surface area is 150 Å². The molecule has 0 fully saturated rings. The summed E-state index contributed by atoms with van der Waals surface area (Å²) < 4.78 is 5.37. The Morgan fingerprint density at radius 2 is 1.67 bits per heavy atom. The van der Waals surface area contributed by atoms with Gasteiger partial charge in [-0.3, -0.25) is 0 Å². The maximum Gasteiger partial charge on any atom is 0.338 e. The molecule has 0 amide bonds. The molecule has 0 unspecified atom stereocenters. The minimum Gasteiger partial charge on any atom is -0.462 e. The highest BCUT2D eigenvalue weighted by molar-refractivity contribution is 5.94. The van der Waals surface area contributed by atoms with Crippen molar-refractivity contribution in [3.63, 3.8) is 0 Å². The second kappa shape index (κ2) is 10.6. The highest BCUT2D eigenvalue weighted by atomic mass is 35.5. The van der Waals surface area contributed by atoms with Gasteiger partial charge in [0.05, 0.1) is 12.2 Å². The first-order valence-electron chi connectivity index (χ1n) is 7.81. The van der Waals surface area contributed by atoms with E-state index >= 15 is 0 Å². The Bertz CT molecular complexity index is 654. The molecule has 0 spiro atoms. The van der Waals surface area contributed by atoms with E-state index in [1.807, 2.05) is 74.8 Å². The smallest absolute Gasteiger partial charge is 0.338 e. The van der Waals surface area contributed by atoms with E-state index in [1.165, 1.54) is 0 Å². The van der Waals surface area contributed by atoms with Crippen LogP contribution in [0.1, 0.15) is 27.9 Å². The van der Waals surface area contributed by atoms with Gasteiger partial charge in [-0.2, -0.15) is 0 Å². The lowest BCUT2D eigenvalue weighted by molar-refractivity contribution is 0.0493. The summed E-state index contributed by atoms with van der Waals surface area (Å²) in [6.45, 7) is 1.34. The molecule has 0 radical (unpaired) electrons. The number of carbonyl (C=O) groups excluding carboxylic acids is 1. The number of carbonyl (C=O) groups is 1. The quantitative estimate of drug-likeness (QED) is 0.423. The molecule has 2 aromatic rings. The largest absolute Gasteiger partial charge is 0.462 e. The maximum atomic E-state index is 12.3. The van der Waals surface area contributed by atoms with Gasteiger partial charge in [0.1, 0.15) is 0 Å². The number of nitrogens with zero attached hydrogens (tertiary/aromatic N) is 1. The molecular formula is C20H24ClNO2. The minimum absolute atomic E-state index is 0. The second-order valence-corrected chi connectivity index (χ2v) is 5.62.